The standard InChI is InChI=1S/C38H46N2O6/c1-25(2)20-28(23-41)39(5)36(42)35(22-27-14-8-7-9-15-27)46-37(43)34(21-26(3)4)40(6)38(44)45-24-33-31-18-12-10-16-29(31)30-17-11-13-19-32(30)33/h7-19,23,25-26,28,33-35H,20-22,24H2,1-6H3/t28-,34?,35+/m0/s1. The topological polar surface area (TPSA) is 93.2 Å². The molecule has 8 nitrogen and oxygen atoms in total. The molecule has 1 aliphatic carbocycles. The molecule has 0 fully saturated rings. The van der Waals surface area contributed by atoms with Crippen LogP contribution in [0.2, 0.25) is 0 Å². The molecule has 244 valence electrons. The van der Waals surface area contributed by atoms with Gasteiger partial charge >= 0.3 is 12.1 Å². The summed E-state index contributed by atoms with van der Waals surface area (Å²) in [4.78, 5) is 55.6. The lowest BCUT2D eigenvalue weighted by Gasteiger charge is -2.32. The minimum atomic E-state index is -1.18. The second-order valence-electron chi connectivity index (χ2n) is 13.0. The molecular formula is C38H46N2O6. The molecule has 3 aromatic rings. The molecule has 2 amide bonds. The molecule has 0 bridgehead atoms. The normalized spacial score (nSPS) is 14.2. The van der Waals surface area contributed by atoms with Crippen LogP contribution >= 0.6 is 0 Å². The molecule has 0 aromatic heterocycles. The van der Waals surface area contributed by atoms with E-state index in [1.54, 1.807) is 7.05 Å². The SMILES string of the molecule is CC(C)CC(C(=O)O[C@H](Cc1ccccc1)C(=O)N(C)[C@H](C=O)CC(C)C)N(C)C(=O)OCC1c2ccccc2-c2ccccc21. The lowest BCUT2D eigenvalue weighted by atomic mass is 9.98. The van der Waals surface area contributed by atoms with Gasteiger partial charge in [0.2, 0.25) is 0 Å². The first-order chi connectivity index (χ1) is 22.0. The molecule has 0 heterocycles. The van der Waals surface area contributed by atoms with Crippen molar-refractivity contribution in [2.75, 3.05) is 20.7 Å². The Balaban J connectivity index is 1.51. The predicted octanol–water partition coefficient (Wildman–Crippen LogP) is 6.51. The monoisotopic (exact) mass is 626 g/mol. The van der Waals surface area contributed by atoms with Crippen molar-refractivity contribution < 1.29 is 28.7 Å². The van der Waals surface area contributed by atoms with Crippen LogP contribution in [0, 0.1) is 11.8 Å². The van der Waals surface area contributed by atoms with E-state index in [0.717, 1.165) is 34.1 Å². The zero-order chi connectivity index (χ0) is 33.4. The largest absolute Gasteiger partial charge is 0.450 e. The van der Waals surface area contributed by atoms with Crippen LogP contribution in [0.1, 0.15) is 63.1 Å². The van der Waals surface area contributed by atoms with Gasteiger partial charge in [0.05, 0.1) is 6.04 Å². The smallest absolute Gasteiger partial charge is 0.410 e. The van der Waals surface area contributed by atoms with E-state index in [9.17, 15) is 19.2 Å². The van der Waals surface area contributed by atoms with E-state index >= 15 is 0 Å². The fourth-order valence-electron chi connectivity index (χ4n) is 6.09. The molecule has 0 aliphatic heterocycles. The van der Waals surface area contributed by atoms with Crippen molar-refractivity contribution in [2.45, 2.75) is 71.1 Å². The number of hydrogen-bond donors (Lipinski definition) is 0. The summed E-state index contributed by atoms with van der Waals surface area (Å²) in [6, 6.07) is 23.8. The van der Waals surface area contributed by atoms with Crippen molar-refractivity contribution >= 4 is 24.3 Å². The van der Waals surface area contributed by atoms with Crippen LogP contribution in [0.25, 0.3) is 11.1 Å². The highest BCUT2D eigenvalue weighted by molar-refractivity contribution is 5.88. The van der Waals surface area contributed by atoms with Gasteiger partial charge in [-0.2, -0.15) is 0 Å². The Kier molecular flexibility index (Phi) is 11.7. The maximum Gasteiger partial charge on any atom is 0.410 e. The predicted molar refractivity (Wildman–Crippen MR) is 178 cm³/mol. The fraction of sp³-hybridized carbons (Fsp3) is 0.421. The zero-order valence-corrected chi connectivity index (χ0v) is 27.7. The van der Waals surface area contributed by atoms with Gasteiger partial charge in [0.25, 0.3) is 5.91 Å². The van der Waals surface area contributed by atoms with E-state index in [-0.39, 0.29) is 30.8 Å². The first-order valence-electron chi connectivity index (χ1n) is 16.1. The fourth-order valence-corrected chi connectivity index (χ4v) is 6.09. The summed E-state index contributed by atoms with van der Waals surface area (Å²) in [6.07, 6.45) is -0.146. The van der Waals surface area contributed by atoms with Crippen molar-refractivity contribution in [3.05, 3.63) is 95.6 Å². The molecule has 0 spiro atoms. The first kappa shape index (κ1) is 34.4. The van der Waals surface area contributed by atoms with Gasteiger partial charge in [-0.15, -0.1) is 0 Å². The van der Waals surface area contributed by atoms with Crippen LogP contribution in [0.4, 0.5) is 4.79 Å². The maximum atomic E-state index is 13.8. The van der Waals surface area contributed by atoms with E-state index in [4.69, 9.17) is 9.47 Å². The molecular weight excluding hydrogens is 580 g/mol. The molecule has 8 heteroatoms. The number of amides is 2. The van der Waals surface area contributed by atoms with E-state index < -0.39 is 36.2 Å². The van der Waals surface area contributed by atoms with Crippen molar-refractivity contribution in [1.29, 1.82) is 0 Å². The van der Waals surface area contributed by atoms with Crippen LogP contribution < -0.4 is 0 Å². The molecule has 0 saturated carbocycles. The van der Waals surface area contributed by atoms with Crippen molar-refractivity contribution in [3.8, 4) is 11.1 Å². The molecule has 1 aliphatic rings. The van der Waals surface area contributed by atoms with Crippen LogP contribution in [-0.2, 0) is 30.3 Å². The Bertz CT molecular complexity index is 1460. The average molecular weight is 627 g/mol. The lowest BCUT2D eigenvalue weighted by Crippen LogP contribution is -2.50. The second kappa shape index (κ2) is 15.7. The van der Waals surface area contributed by atoms with Gasteiger partial charge in [-0.1, -0.05) is 107 Å². The first-order valence-corrected chi connectivity index (χ1v) is 16.1. The van der Waals surface area contributed by atoms with Crippen LogP contribution in [0.3, 0.4) is 0 Å². The summed E-state index contributed by atoms with van der Waals surface area (Å²) < 4.78 is 11.8. The number of hydrogen-bond acceptors (Lipinski definition) is 6. The van der Waals surface area contributed by atoms with E-state index in [0.29, 0.717) is 12.8 Å². The Morgan fingerprint density at radius 2 is 1.30 bits per heavy atom. The molecule has 4 rings (SSSR count). The van der Waals surface area contributed by atoms with Gasteiger partial charge in [0, 0.05) is 26.4 Å². The Labute approximate surface area is 272 Å². The van der Waals surface area contributed by atoms with Crippen LogP contribution in [-0.4, -0.2) is 72.9 Å². The maximum absolute atomic E-state index is 13.8. The van der Waals surface area contributed by atoms with Crippen molar-refractivity contribution in [1.82, 2.24) is 9.80 Å². The molecule has 3 atom stereocenters. The molecule has 0 radical (unpaired) electrons. The van der Waals surface area contributed by atoms with Gasteiger partial charge in [-0.25, -0.2) is 9.59 Å². The van der Waals surface area contributed by atoms with Gasteiger partial charge in [-0.3, -0.25) is 9.69 Å². The third-order valence-corrected chi connectivity index (χ3v) is 8.57. The highest BCUT2D eigenvalue weighted by Gasteiger charge is 2.37. The molecule has 3 aromatic carbocycles. The molecule has 0 saturated heterocycles. The molecule has 1 unspecified atom stereocenters. The van der Waals surface area contributed by atoms with E-state index in [1.807, 2.05) is 94.4 Å². The number of carbonyl (C=O) groups excluding carboxylic acids is 4. The summed E-state index contributed by atoms with van der Waals surface area (Å²) in [5.74, 6) is -1.07. The average Bonchev–Trinajstić information content (AvgIpc) is 3.37. The van der Waals surface area contributed by atoms with E-state index in [1.165, 1.54) is 16.8 Å². The summed E-state index contributed by atoms with van der Waals surface area (Å²) in [6.45, 7) is 7.97. The Hall–Kier alpha value is -4.46. The highest BCUT2D eigenvalue weighted by Crippen LogP contribution is 2.44. The van der Waals surface area contributed by atoms with Gasteiger partial charge in [-0.05, 0) is 52.5 Å². The molecule has 0 N–H and O–H groups in total. The summed E-state index contributed by atoms with van der Waals surface area (Å²) >= 11 is 0. The third kappa shape index (κ3) is 8.22. The van der Waals surface area contributed by atoms with Crippen LogP contribution in [0.5, 0.6) is 0 Å². The minimum absolute atomic E-state index is 0.0396. The summed E-state index contributed by atoms with van der Waals surface area (Å²) in [5, 5.41) is 0. The number of esters is 1. The third-order valence-electron chi connectivity index (χ3n) is 8.57. The summed E-state index contributed by atoms with van der Waals surface area (Å²) in [5.41, 5.74) is 5.24. The van der Waals surface area contributed by atoms with Crippen molar-refractivity contribution in [2.24, 2.45) is 11.8 Å². The van der Waals surface area contributed by atoms with Gasteiger partial charge in [0.1, 0.15) is 18.9 Å². The number of ether oxygens (including phenoxy) is 2. The Morgan fingerprint density at radius 3 is 1.85 bits per heavy atom. The number of nitrogens with zero attached hydrogens (tertiary/aromatic N) is 2. The number of aldehydes is 1. The number of carbonyl (C=O) groups is 4. The summed E-state index contributed by atoms with van der Waals surface area (Å²) in [7, 11) is 3.09. The number of rotatable bonds is 14. The number of likely N-dealkylation sites (N-methyl/N-ethyl adjacent to an activating group) is 2. The molecule has 46 heavy (non-hydrogen) atoms. The van der Waals surface area contributed by atoms with Crippen molar-refractivity contribution in [3.63, 3.8) is 0 Å². The highest BCUT2D eigenvalue weighted by atomic mass is 16.6. The second-order valence-corrected chi connectivity index (χ2v) is 13.0. The van der Waals surface area contributed by atoms with Gasteiger partial charge in [0.15, 0.2) is 6.10 Å². The quantitative estimate of drug-likeness (QED) is 0.150. The number of benzene rings is 3. The van der Waals surface area contributed by atoms with Crippen LogP contribution in [0.15, 0.2) is 78.9 Å². The van der Waals surface area contributed by atoms with Gasteiger partial charge < -0.3 is 19.2 Å². The Morgan fingerprint density at radius 1 is 0.761 bits per heavy atom. The lowest BCUT2D eigenvalue weighted by molar-refractivity contribution is -0.165. The zero-order valence-electron chi connectivity index (χ0n) is 27.7. The minimum Gasteiger partial charge on any atom is -0.450 e. The number of fused-ring (bicyclic) bond motifs is 3. The van der Waals surface area contributed by atoms with E-state index in [2.05, 4.69) is 12.1 Å².